The van der Waals surface area contributed by atoms with Crippen LogP contribution in [0.5, 0.6) is 0 Å². The molecule has 0 amide bonds. The summed E-state index contributed by atoms with van der Waals surface area (Å²) in [5.41, 5.74) is 0.484. The van der Waals surface area contributed by atoms with Crippen molar-refractivity contribution >= 4 is 33.1 Å². The topological polar surface area (TPSA) is 101 Å². The molecule has 2 N–H and O–H groups in total. The normalized spacial score (nSPS) is 7.56. The number of rotatable bonds is 4. The van der Waals surface area contributed by atoms with Crippen molar-refractivity contribution in [1.29, 1.82) is 0 Å². The second-order valence-corrected chi connectivity index (χ2v) is 5.01. The van der Waals surface area contributed by atoms with Crippen LogP contribution in [0, 0.1) is 0 Å². The van der Waals surface area contributed by atoms with Gasteiger partial charge < -0.3 is 14.9 Å². The van der Waals surface area contributed by atoms with Gasteiger partial charge >= 0.3 is 5.97 Å². The van der Waals surface area contributed by atoms with E-state index < -0.39 is 11.9 Å². The summed E-state index contributed by atoms with van der Waals surface area (Å²) in [5, 5.41) is 15.9. The average Bonchev–Trinajstić information content (AvgIpc) is 2.15. The van der Waals surface area contributed by atoms with Crippen molar-refractivity contribution in [2.24, 2.45) is 0 Å². The summed E-state index contributed by atoms with van der Waals surface area (Å²) in [6.07, 6.45) is 0. The second-order valence-electron chi connectivity index (χ2n) is 3.31. The summed E-state index contributed by atoms with van der Waals surface area (Å²) < 4.78 is 4.84. The third-order valence-corrected chi connectivity index (χ3v) is 2.08. The molecule has 104 valence electrons. The number of aliphatic carboxylic acids is 2. The van der Waals surface area contributed by atoms with E-state index in [0.29, 0.717) is 12.2 Å². The second kappa shape index (κ2) is 15.7. The highest BCUT2D eigenvalue weighted by Crippen LogP contribution is 1.92. The highest BCUT2D eigenvalue weighted by Gasteiger charge is 2.00. The highest BCUT2D eigenvalue weighted by molar-refractivity contribution is 6.33. The van der Waals surface area contributed by atoms with Gasteiger partial charge in [-0.05, 0) is 6.92 Å². The predicted octanol–water partition coefficient (Wildman–Crippen LogP) is 1.19. The van der Waals surface area contributed by atoms with E-state index >= 15 is 0 Å². The molecule has 0 atom stereocenters. The molecule has 0 saturated heterocycles. The Labute approximate surface area is 113 Å². The molecule has 0 aliphatic carbocycles. The average molecular weight is 276 g/mol. The molecule has 7 heteroatoms. The summed E-state index contributed by atoms with van der Waals surface area (Å²) in [6, 6.07) is 0. The molecule has 0 fully saturated rings. The molecule has 0 saturated carbocycles. The lowest BCUT2D eigenvalue weighted by atomic mass is 10.4. The first-order chi connectivity index (χ1) is 8.14. The van der Waals surface area contributed by atoms with Crippen molar-refractivity contribution < 1.29 is 29.3 Å². The number of carbonyl (C=O) groups excluding carboxylic acids is 1. The Morgan fingerprint density at radius 3 is 1.67 bits per heavy atom. The lowest BCUT2D eigenvalue weighted by molar-refractivity contribution is -0.138. The molecule has 0 aliphatic heterocycles. The maximum absolute atomic E-state index is 10.7. The molecule has 0 spiro atoms. The van der Waals surface area contributed by atoms with Crippen LogP contribution in [0.4, 0.5) is 0 Å². The SMILES string of the molecule is C=C(C)C(=O)OC[CH2][AlH][CH3].CC(=O)O.CC(=O)O. The monoisotopic (exact) mass is 276 g/mol. The fourth-order valence-corrected chi connectivity index (χ4v) is 0.865. The Bertz CT molecular complexity index is 255. The molecule has 0 rings (SSSR count). The molecule has 0 bridgehead atoms. The Morgan fingerprint density at radius 1 is 1.11 bits per heavy atom. The largest absolute Gasteiger partial charge is 0.481 e. The van der Waals surface area contributed by atoms with Crippen LogP contribution in [0.3, 0.4) is 0 Å². The molecule has 18 heavy (non-hydrogen) atoms. The lowest BCUT2D eigenvalue weighted by Gasteiger charge is -2.00. The Balaban J connectivity index is -0.000000233. The van der Waals surface area contributed by atoms with Crippen LogP contribution in [0.15, 0.2) is 12.2 Å². The molecule has 0 radical (unpaired) electrons. The van der Waals surface area contributed by atoms with Gasteiger partial charge in [-0.1, -0.05) is 11.9 Å². The summed E-state index contributed by atoms with van der Waals surface area (Å²) >= 11 is 0.0396. The molecule has 0 aliphatic rings. The summed E-state index contributed by atoms with van der Waals surface area (Å²) in [4.78, 5) is 28.7. The van der Waals surface area contributed by atoms with Crippen LogP contribution < -0.4 is 0 Å². The van der Waals surface area contributed by atoms with Crippen LogP contribution in [0.2, 0.25) is 11.1 Å². The van der Waals surface area contributed by atoms with Gasteiger partial charge in [0.15, 0.2) is 0 Å². The van der Waals surface area contributed by atoms with Gasteiger partial charge in [-0.2, -0.15) is 0 Å². The maximum Gasteiger partial charge on any atom is 0.333 e. The Morgan fingerprint density at radius 2 is 1.44 bits per heavy atom. The fraction of sp³-hybridized carbons (Fsp3) is 0.545. The number of hydrogen-bond donors (Lipinski definition) is 2. The van der Waals surface area contributed by atoms with Gasteiger partial charge in [0.05, 0.1) is 6.61 Å². The van der Waals surface area contributed by atoms with Gasteiger partial charge in [0.25, 0.3) is 11.9 Å². The van der Waals surface area contributed by atoms with Crippen molar-refractivity contribution in [2.45, 2.75) is 31.8 Å². The lowest BCUT2D eigenvalue weighted by Crippen LogP contribution is -2.06. The van der Waals surface area contributed by atoms with E-state index in [-0.39, 0.29) is 21.2 Å². The van der Waals surface area contributed by atoms with Gasteiger partial charge in [0.2, 0.25) is 15.2 Å². The molecule has 0 heterocycles. The number of ether oxygens (including phenoxy) is 1. The molecular formula is C11H21AlO6. The Kier molecular flexibility index (Phi) is 19.1. The van der Waals surface area contributed by atoms with E-state index in [1.807, 2.05) is 0 Å². The van der Waals surface area contributed by atoms with Gasteiger partial charge in [-0.15, -0.1) is 5.79 Å². The first-order valence-corrected chi connectivity index (χ1v) is 7.78. The molecular weight excluding hydrogens is 255 g/mol. The van der Waals surface area contributed by atoms with Gasteiger partial charge in [-0.25, -0.2) is 4.79 Å². The van der Waals surface area contributed by atoms with Crippen molar-refractivity contribution in [3.05, 3.63) is 12.2 Å². The minimum atomic E-state index is -0.833. The quantitative estimate of drug-likeness (QED) is 0.346. The van der Waals surface area contributed by atoms with Crippen molar-refractivity contribution in [3.63, 3.8) is 0 Å². The van der Waals surface area contributed by atoms with Crippen molar-refractivity contribution in [3.8, 4) is 0 Å². The number of carboxylic acids is 2. The summed E-state index contributed by atoms with van der Waals surface area (Å²) in [6.45, 7) is 7.87. The number of hydrogen-bond acceptors (Lipinski definition) is 4. The van der Waals surface area contributed by atoms with Gasteiger partial charge in [0, 0.05) is 19.4 Å². The zero-order chi connectivity index (χ0) is 15.1. The first kappa shape index (κ1) is 21.9. The third-order valence-electron chi connectivity index (χ3n) is 1.08. The molecule has 0 aromatic rings. The van der Waals surface area contributed by atoms with E-state index in [2.05, 4.69) is 12.4 Å². The third kappa shape index (κ3) is 46.6. The molecule has 0 aromatic heterocycles. The van der Waals surface area contributed by atoms with Crippen molar-refractivity contribution in [2.75, 3.05) is 6.61 Å². The number of carbonyl (C=O) groups is 3. The maximum atomic E-state index is 10.7. The van der Waals surface area contributed by atoms with E-state index in [0.717, 1.165) is 19.1 Å². The summed E-state index contributed by atoms with van der Waals surface area (Å²) in [5.74, 6) is 0.261. The van der Waals surface area contributed by atoms with Crippen LogP contribution in [-0.2, 0) is 19.1 Å². The van der Waals surface area contributed by atoms with E-state index in [4.69, 9.17) is 24.5 Å². The van der Waals surface area contributed by atoms with Crippen molar-refractivity contribution in [1.82, 2.24) is 0 Å². The zero-order valence-electron chi connectivity index (χ0n) is 11.4. The smallest absolute Gasteiger partial charge is 0.333 e. The summed E-state index contributed by atoms with van der Waals surface area (Å²) in [7, 11) is 0. The van der Waals surface area contributed by atoms with E-state index in [9.17, 15) is 4.79 Å². The van der Waals surface area contributed by atoms with Crippen LogP contribution in [0.25, 0.3) is 0 Å². The van der Waals surface area contributed by atoms with Crippen LogP contribution >= 0.6 is 0 Å². The fourth-order valence-electron chi connectivity index (χ4n) is 0.432. The van der Waals surface area contributed by atoms with Gasteiger partial charge in [-0.3, -0.25) is 9.59 Å². The number of esters is 1. The number of carboxylic acid groups (broad SMARTS) is 2. The molecule has 0 unspecified atom stereocenters. The van der Waals surface area contributed by atoms with E-state index in [1.165, 1.54) is 0 Å². The van der Waals surface area contributed by atoms with E-state index in [1.54, 1.807) is 6.92 Å². The predicted molar refractivity (Wildman–Crippen MR) is 70.2 cm³/mol. The van der Waals surface area contributed by atoms with Crippen LogP contribution in [-0.4, -0.2) is 49.9 Å². The minimum absolute atomic E-state index is 0.0396. The highest BCUT2D eigenvalue weighted by atomic mass is 27.1. The zero-order valence-corrected chi connectivity index (χ0v) is 12.8. The molecule has 0 aromatic carbocycles. The van der Waals surface area contributed by atoms with Crippen LogP contribution in [0.1, 0.15) is 20.8 Å². The molecule has 6 nitrogen and oxygen atoms in total. The minimum Gasteiger partial charge on any atom is -0.481 e. The Hall–Kier alpha value is -1.32. The van der Waals surface area contributed by atoms with Gasteiger partial charge in [0.1, 0.15) is 0 Å². The standard InChI is InChI=1S/C6H9O2.2C2H4O2.CH3.Al.H/c1-4-8-6(7)5(2)3;2*1-2(3)4;;;/h1-2,4H2,3H3;2*1H3,(H,3,4);1H3;;. The first-order valence-electron chi connectivity index (χ1n) is 5.36.